The summed E-state index contributed by atoms with van der Waals surface area (Å²) in [5.41, 5.74) is 2.03. The van der Waals surface area contributed by atoms with Crippen LogP contribution in [0.5, 0.6) is 0 Å². The number of hydrogen-bond donors (Lipinski definition) is 2. The monoisotopic (exact) mass is 426 g/mol. The third-order valence-corrected chi connectivity index (χ3v) is 8.26. The first-order chi connectivity index (χ1) is 14.8. The van der Waals surface area contributed by atoms with E-state index in [2.05, 4.69) is 10.3 Å². The molecule has 3 amide bonds. The summed E-state index contributed by atoms with van der Waals surface area (Å²) in [7, 11) is 0. The van der Waals surface area contributed by atoms with E-state index in [1.807, 2.05) is 24.8 Å². The normalized spacial score (nSPS) is 31.7. The minimum atomic E-state index is -0.165. The van der Waals surface area contributed by atoms with Gasteiger partial charge in [-0.3, -0.25) is 9.59 Å². The smallest absolute Gasteiger partial charge is 0.317 e. The number of rotatable bonds is 3. The van der Waals surface area contributed by atoms with Gasteiger partial charge in [0.1, 0.15) is 0 Å². The number of carbonyl (C=O) groups is 2. The van der Waals surface area contributed by atoms with Gasteiger partial charge in [0, 0.05) is 37.4 Å². The minimum absolute atomic E-state index is 0.108. The maximum Gasteiger partial charge on any atom is 0.317 e. The van der Waals surface area contributed by atoms with Gasteiger partial charge in [-0.15, -0.1) is 0 Å². The molecule has 1 aromatic rings. The van der Waals surface area contributed by atoms with E-state index in [1.165, 1.54) is 19.3 Å². The number of amides is 3. The van der Waals surface area contributed by atoms with Gasteiger partial charge in [0.2, 0.25) is 5.91 Å². The Labute approximate surface area is 183 Å². The number of aryl methyl sites for hydroxylation is 2. The highest BCUT2D eigenvalue weighted by atomic mass is 16.2. The van der Waals surface area contributed by atoms with Gasteiger partial charge in [0.25, 0.3) is 5.56 Å². The largest absolute Gasteiger partial charge is 0.339 e. The van der Waals surface area contributed by atoms with Gasteiger partial charge in [-0.1, -0.05) is 0 Å². The summed E-state index contributed by atoms with van der Waals surface area (Å²) in [6.45, 7) is 6.27. The van der Waals surface area contributed by atoms with Crippen molar-refractivity contribution in [1.82, 2.24) is 20.1 Å². The fourth-order valence-electron chi connectivity index (χ4n) is 7.20. The molecule has 7 nitrogen and oxygen atoms in total. The van der Waals surface area contributed by atoms with Crippen LogP contribution in [0, 0.1) is 37.0 Å². The molecule has 7 heteroatoms. The molecule has 168 valence electrons. The van der Waals surface area contributed by atoms with Gasteiger partial charge in [-0.25, -0.2) is 4.79 Å². The molecule has 4 aliphatic carbocycles. The predicted octanol–water partition coefficient (Wildman–Crippen LogP) is 2.56. The highest BCUT2D eigenvalue weighted by Crippen LogP contribution is 2.60. The summed E-state index contributed by atoms with van der Waals surface area (Å²) in [6, 6.07) is 1.75. The zero-order valence-electron chi connectivity index (χ0n) is 18.7. The number of hydrogen-bond acceptors (Lipinski definition) is 3. The first-order valence-electron chi connectivity index (χ1n) is 11.8. The van der Waals surface area contributed by atoms with Crippen LogP contribution in [0.1, 0.15) is 55.3 Å². The van der Waals surface area contributed by atoms with Crippen LogP contribution in [0.2, 0.25) is 0 Å². The average Bonchev–Trinajstić information content (AvgIpc) is 2.71. The molecular formula is C24H34N4O3. The molecule has 0 aromatic carbocycles. The van der Waals surface area contributed by atoms with E-state index in [0.717, 1.165) is 48.3 Å². The van der Waals surface area contributed by atoms with Crippen molar-refractivity contribution >= 4 is 11.9 Å². The lowest BCUT2D eigenvalue weighted by Gasteiger charge is -2.57. The maximum absolute atomic E-state index is 13.5. The van der Waals surface area contributed by atoms with E-state index in [9.17, 15) is 14.4 Å². The van der Waals surface area contributed by atoms with Crippen molar-refractivity contribution in [3.05, 3.63) is 33.2 Å². The number of nitrogens with one attached hydrogen (secondary N) is 2. The van der Waals surface area contributed by atoms with Crippen molar-refractivity contribution in [3.8, 4) is 0 Å². The average molecular weight is 427 g/mol. The molecule has 0 spiro atoms. The molecule has 2 N–H and O–H groups in total. The van der Waals surface area contributed by atoms with Crippen LogP contribution < -0.4 is 10.9 Å². The summed E-state index contributed by atoms with van der Waals surface area (Å²) in [4.78, 5) is 44.9. The van der Waals surface area contributed by atoms with E-state index >= 15 is 0 Å². The fraction of sp³-hybridized carbons (Fsp3) is 0.708. The lowest BCUT2D eigenvalue weighted by molar-refractivity contribution is -0.159. The standard InChI is InChI=1S/C24H34N4O3/c1-15-7-16(2)26-21(29)20(15)14-25-23(31)28-5-3-27(4-6-28)22(30)24-11-17-8-18(12-24)10-19(9-17)13-24/h7,17-19H,3-6,8-14H2,1-2H3,(H,25,31)(H,26,29). The van der Waals surface area contributed by atoms with E-state index in [1.54, 1.807) is 4.90 Å². The first kappa shape index (κ1) is 20.6. The van der Waals surface area contributed by atoms with Crippen molar-refractivity contribution in [2.24, 2.45) is 23.2 Å². The zero-order chi connectivity index (χ0) is 21.8. The second-order valence-corrected chi connectivity index (χ2v) is 10.6. The quantitative estimate of drug-likeness (QED) is 0.779. The molecule has 4 bridgehead atoms. The van der Waals surface area contributed by atoms with Crippen molar-refractivity contribution < 1.29 is 9.59 Å². The summed E-state index contributed by atoms with van der Waals surface area (Å²) in [5, 5.41) is 2.89. The lowest BCUT2D eigenvalue weighted by Crippen LogP contribution is -2.59. The minimum Gasteiger partial charge on any atom is -0.339 e. The van der Waals surface area contributed by atoms with E-state index in [0.29, 0.717) is 37.6 Å². The van der Waals surface area contributed by atoms with Crippen molar-refractivity contribution in [1.29, 1.82) is 0 Å². The Kier molecular flexibility index (Phi) is 5.10. The predicted molar refractivity (Wildman–Crippen MR) is 118 cm³/mol. The SMILES string of the molecule is Cc1cc(C)c(CNC(=O)N2CCN(C(=O)C34CC5CC(CC(C5)C3)C4)CC2)c(=O)[nH]1. The van der Waals surface area contributed by atoms with Crippen molar-refractivity contribution in [2.75, 3.05) is 26.2 Å². The van der Waals surface area contributed by atoms with Crippen LogP contribution in [-0.2, 0) is 11.3 Å². The molecule has 1 aromatic heterocycles. The van der Waals surface area contributed by atoms with Crippen molar-refractivity contribution in [3.63, 3.8) is 0 Å². The summed E-state index contributed by atoms with van der Waals surface area (Å²) >= 11 is 0. The summed E-state index contributed by atoms with van der Waals surface area (Å²) in [5.74, 6) is 2.63. The number of pyridine rings is 1. The van der Waals surface area contributed by atoms with Crippen LogP contribution >= 0.6 is 0 Å². The number of nitrogens with zero attached hydrogens (tertiary/aromatic N) is 2. The van der Waals surface area contributed by atoms with Gasteiger partial charge in [0.05, 0.1) is 12.0 Å². The number of aromatic nitrogens is 1. The molecular weight excluding hydrogens is 392 g/mol. The van der Waals surface area contributed by atoms with Gasteiger partial charge in [-0.05, 0) is 81.8 Å². The molecule has 2 heterocycles. The van der Waals surface area contributed by atoms with Gasteiger partial charge in [0.15, 0.2) is 0 Å². The molecule has 6 rings (SSSR count). The van der Waals surface area contributed by atoms with Gasteiger partial charge >= 0.3 is 6.03 Å². The Bertz CT molecular complexity index is 909. The fourth-order valence-corrected chi connectivity index (χ4v) is 7.20. The van der Waals surface area contributed by atoms with E-state index < -0.39 is 0 Å². The first-order valence-corrected chi connectivity index (χ1v) is 11.8. The molecule has 0 atom stereocenters. The number of aromatic amines is 1. The topological polar surface area (TPSA) is 85.5 Å². The third-order valence-electron chi connectivity index (χ3n) is 8.26. The van der Waals surface area contributed by atoms with Crippen LogP contribution in [0.4, 0.5) is 4.79 Å². The molecule has 31 heavy (non-hydrogen) atoms. The van der Waals surface area contributed by atoms with Gasteiger partial charge < -0.3 is 20.1 Å². The zero-order valence-corrected chi connectivity index (χ0v) is 18.7. The maximum atomic E-state index is 13.5. The Hall–Kier alpha value is -2.31. The van der Waals surface area contributed by atoms with Crippen LogP contribution in [0.25, 0.3) is 0 Å². The molecule has 5 fully saturated rings. The Balaban J connectivity index is 1.16. The second-order valence-electron chi connectivity index (χ2n) is 10.6. The lowest BCUT2D eigenvalue weighted by atomic mass is 9.49. The van der Waals surface area contributed by atoms with Crippen molar-refractivity contribution in [2.45, 2.75) is 58.9 Å². The van der Waals surface area contributed by atoms with Crippen LogP contribution in [-0.4, -0.2) is 52.9 Å². The van der Waals surface area contributed by atoms with E-state index in [-0.39, 0.29) is 23.6 Å². The molecule has 1 aliphatic heterocycles. The molecule has 5 aliphatic rings. The number of carbonyl (C=O) groups excluding carboxylic acids is 2. The second kappa shape index (κ2) is 7.68. The number of H-pyrrole nitrogens is 1. The Morgan fingerprint density at radius 3 is 2.10 bits per heavy atom. The Morgan fingerprint density at radius 2 is 1.55 bits per heavy atom. The van der Waals surface area contributed by atoms with Crippen LogP contribution in [0.3, 0.4) is 0 Å². The number of urea groups is 1. The molecule has 0 unspecified atom stereocenters. The molecule has 4 saturated carbocycles. The molecule has 1 saturated heterocycles. The van der Waals surface area contributed by atoms with Gasteiger partial charge in [-0.2, -0.15) is 0 Å². The highest BCUT2D eigenvalue weighted by molar-refractivity contribution is 5.84. The summed E-state index contributed by atoms with van der Waals surface area (Å²) in [6.07, 6.45) is 7.27. The Morgan fingerprint density at radius 1 is 1.00 bits per heavy atom. The third kappa shape index (κ3) is 3.76. The van der Waals surface area contributed by atoms with Crippen LogP contribution in [0.15, 0.2) is 10.9 Å². The highest BCUT2D eigenvalue weighted by Gasteiger charge is 2.55. The summed E-state index contributed by atoms with van der Waals surface area (Å²) < 4.78 is 0. The molecule has 0 radical (unpaired) electrons. The van der Waals surface area contributed by atoms with E-state index in [4.69, 9.17) is 0 Å². The number of piperazine rings is 1.